The van der Waals surface area contributed by atoms with Crippen LogP contribution in [0.1, 0.15) is 35.7 Å². The van der Waals surface area contributed by atoms with Gasteiger partial charge in [0.05, 0.1) is 29.1 Å². The summed E-state index contributed by atoms with van der Waals surface area (Å²) in [4.78, 5) is 12.2. The highest BCUT2D eigenvalue weighted by molar-refractivity contribution is 7.92. The van der Waals surface area contributed by atoms with Gasteiger partial charge >= 0.3 is 0 Å². The summed E-state index contributed by atoms with van der Waals surface area (Å²) in [6.07, 6.45) is 1.17. The molecule has 26 heavy (non-hydrogen) atoms. The first-order valence-corrected chi connectivity index (χ1v) is 10.5. The number of hydrogen-bond acceptors (Lipinski definition) is 3. The smallest absolute Gasteiger partial charge is 0.252 e. The van der Waals surface area contributed by atoms with Crippen molar-refractivity contribution in [3.8, 4) is 0 Å². The SMILES string of the molecule is CC(C)c1ccccc1N(CCNC(=O)c1ccccc1Cl)S(C)(=O)=O. The largest absolute Gasteiger partial charge is 0.350 e. The minimum Gasteiger partial charge on any atom is -0.350 e. The minimum atomic E-state index is -3.49. The molecule has 0 atom stereocenters. The van der Waals surface area contributed by atoms with E-state index in [9.17, 15) is 13.2 Å². The molecule has 0 radical (unpaired) electrons. The zero-order chi connectivity index (χ0) is 19.3. The maximum absolute atomic E-state index is 12.3. The molecule has 2 rings (SSSR count). The van der Waals surface area contributed by atoms with Gasteiger partial charge in [-0.05, 0) is 29.7 Å². The lowest BCUT2D eigenvalue weighted by Gasteiger charge is -2.26. The van der Waals surface area contributed by atoms with E-state index in [1.807, 2.05) is 32.0 Å². The molecule has 0 unspecified atom stereocenters. The van der Waals surface area contributed by atoms with Gasteiger partial charge in [0.2, 0.25) is 10.0 Å². The fraction of sp³-hybridized carbons (Fsp3) is 0.316. The van der Waals surface area contributed by atoms with Crippen molar-refractivity contribution in [2.75, 3.05) is 23.7 Å². The van der Waals surface area contributed by atoms with Crippen molar-refractivity contribution in [1.29, 1.82) is 0 Å². The van der Waals surface area contributed by atoms with Crippen molar-refractivity contribution < 1.29 is 13.2 Å². The molecule has 0 fully saturated rings. The highest BCUT2D eigenvalue weighted by Crippen LogP contribution is 2.28. The summed E-state index contributed by atoms with van der Waals surface area (Å²) in [5.41, 5.74) is 1.94. The quantitative estimate of drug-likeness (QED) is 0.779. The molecular formula is C19H23ClN2O3S. The standard InChI is InChI=1S/C19H23ClN2O3S/c1-14(2)15-8-5-7-11-18(15)22(26(3,24)25)13-12-21-19(23)16-9-4-6-10-17(16)20/h4-11,14H,12-13H2,1-3H3,(H,21,23). The fourth-order valence-corrected chi connectivity index (χ4v) is 3.85. The summed E-state index contributed by atoms with van der Waals surface area (Å²) < 4.78 is 25.9. The second-order valence-electron chi connectivity index (χ2n) is 6.28. The van der Waals surface area contributed by atoms with E-state index < -0.39 is 10.0 Å². The first-order valence-electron chi connectivity index (χ1n) is 8.31. The number of carbonyl (C=O) groups is 1. The maximum Gasteiger partial charge on any atom is 0.252 e. The van der Waals surface area contributed by atoms with Crippen LogP contribution in [0, 0.1) is 0 Å². The van der Waals surface area contributed by atoms with Gasteiger partial charge in [-0.3, -0.25) is 9.10 Å². The molecule has 1 N–H and O–H groups in total. The summed E-state index contributed by atoms with van der Waals surface area (Å²) in [5, 5.41) is 3.09. The predicted octanol–water partition coefficient (Wildman–Crippen LogP) is 3.66. The minimum absolute atomic E-state index is 0.138. The van der Waals surface area contributed by atoms with Crippen molar-refractivity contribution in [3.63, 3.8) is 0 Å². The Morgan fingerprint density at radius 3 is 2.35 bits per heavy atom. The van der Waals surface area contributed by atoms with E-state index in [1.54, 1.807) is 30.3 Å². The molecule has 0 aliphatic rings. The molecule has 7 heteroatoms. The first-order chi connectivity index (χ1) is 12.2. The van der Waals surface area contributed by atoms with E-state index in [4.69, 9.17) is 11.6 Å². The number of hydrogen-bond donors (Lipinski definition) is 1. The third-order valence-corrected chi connectivity index (χ3v) is 5.46. The lowest BCUT2D eigenvalue weighted by molar-refractivity contribution is 0.0955. The van der Waals surface area contributed by atoms with Crippen LogP contribution in [0.5, 0.6) is 0 Å². The van der Waals surface area contributed by atoms with Gasteiger partial charge < -0.3 is 5.32 Å². The number of nitrogens with one attached hydrogen (secondary N) is 1. The summed E-state index contributed by atoms with van der Waals surface area (Å²) in [6.45, 7) is 4.33. The van der Waals surface area contributed by atoms with Crippen LogP contribution in [0.15, 0.2) is 48.5 Å². The Morgan fingerprint density at radius 1 is 1.12 bits per heavy atom. The molecular weight excluding hydrogens is 372 g/mol. The Bertz CT molecular complexity index is 882. The van der Waals surface area contributed by atoms with E-state index in [0.29, 0.717) is 16.3 Å². The second-order valence-corrected chi connectivity index (χ2v) is 8.60. The maximum atomic E-state index is 12.3. The van der Waals surface area contributed by atoms with Crippen molar-refractivity contribution >= 4 is 33.2 Å². The number of nitrogens with zero attached hydrogens (tertiary/aromatic N) is 1. The summed E-state index contributed by atoms with van der Waals surface area (Å²) in [7, 11) is -3.49. The molecule has 0 aliphatic heterocycles. The van der Waals surface area contributed by atoms with E-state index >= 15 is 0 Å². The summed E-state index contributed by atoms with van der Waals surface area (Å²) >= 11 is 6.02. The normalized spacial score (nSPS) is 11.4. The Hall–Kier alpha value is -2.05. The third-order valence-electron chi connectivity index (χ3n) is 3.95. The van der Waals surface area contributed by atoms with Crippen LogP contribution in [0.3, 0.4) is 0 Å². The molecule has 0 saturated carbocycles. The van der Waals surface area contributed by atoms with Crippen LogP contribution >= 0.6 is 11.6 Å². The van der Waals surface area contributed by atoms with Gasteiger partial charge in [-0.25, -0.2) is 8.42 Å². The fourth-order valence-electron chi connectivity index (χ4n) is 2.68. The lowest BCUT2D eigenvalue weighted by atomic mass is 10.0. The third kappa shape index (κ3) is 4.99. The van der Waals surface area contributed by atoms with Gasteiger partial charge in [0, 0.05) is 6.54 Å². The average Bonchev–Trinajstić information content (AvgIpc) is 2.57. The molecule has 2 aromatic carbocycles. The Balaban J connectivity index is 2.16. The highest BCUT2D eigenvalue weighted by Gasteiger charge is 2.21. The van der Waals surface area contributed by atoms with Crippen LogP contribution in [0.25, 0.3) is 0 Å². The molecule has 2 aromatic rings. The molecule has 0 aliphatic carbocycles. The number of halogens is 1. The van der Waals surface area contributed by atoms with Crippen LogP contribution in [0.4, 0.5) is 5.69 Å². The van der Waals surface area contributed by atoms with Crippen LogP contribution in [-0.2, 0) is 10.0 Å². The molecule has 1 amide bonds. The monoisotopic (exact) mass is 394 g/mol. The van der Waals surface area contributed by atoms with E-state index in [0.717, 1.165) is 5.56 Å². The Morgan fingerprint density at radius 2 is 1.73 bits per heavy atom. The van der Waals surface area contributed by atoms with Crippen LogP contribution < -0.4 is 9.62 Å². The first kappa shape index (κ1) is 20.3. The number of carbonyl (C=O) groups excluding carboxylic acids is 1. The summed E-state index contributed by atoms with van der Waals surface area (Å²) in [6, 6.07) is 14.1. The number of para-hydroxylation sites is 1. The molecule has 140 valence electrons. The van der Waals surface area contributed by atoms with E-state index in [-0.39, 0.29) is 24.9 Å². The molecule has 0 saturated heterocycles. The zero-order valence-electron chi connectivity index (χ0n) is 15.1. The van der Waals surface area contributed by atoms with Gasteiger partial charge in [-0.15, -0.1) is 0 Å². The number of rotatable bonds is 7. The second kappa shape index (κ2) is 8.56. The van der Waals surface area contributed by atoms with Crippen molar-refractivity contribution in [3.05, 3.63) is 64.7 Å². The lowest BCUT2D eigenvalue weighted by Crippen LogP contribution is -2.38. The number of anilines is 1. The van der Waals surface area contributed by atoms with E-state index in [1.165, 1.54) is 10.6 Å². The number of amides is 1. The molecule has 0 heterocycles. The molecule has 0 spiro atoms. The van der Waals surface area contributed by atoms with Crippen molar-refractivity contribution in [2.24, 2.45) is 0 Å². The predicted molar refractivity (Wildman–Crippen MR) is 107 cm³/mol. The Labute approximate surface area is 160 Å². The van der Waals surface area contributed by atoms with E-state index in [2.05, 4.69) is 5.32 Å². The topological polar surface area (TPSA) is 66.5 Å². The van der Waals surface area contributed by atoms with Crippen LogP contribution in [0.2, 0.25) is 5.02 Å². The van der Waals surface area contributed by atoms with Crippen LogP contribution in [-0.4, -0.2) is 33.7 Å². The van der Waals surface area contributed by atoms with Gasteiger partial charge in [0.25, 0.3) is 5.91 Å². The van der Waals surface area contributed by atoms with Gasteiger partial charge in [-0.2, -0.15) is 0 Å². The van der Waals surface area contributed by atoms with Crippen molar-refractivity contribution in [2.45, 2.75) is 19.8 Å². The molecule has 0 bridgehead atoms. The van der Waals surface area contributed by atoms with Gasteiger partial charge in [0.15, 0.2) is 0 Å². The van der Waals surface area contributed by atoms with Gasteiger partial charge in [-0.1, -0.05) is 55.8 Å². The highest BCUT2D eigenvalue weighted by atomic mass is 35.5. The number of benzene rings is 2. The summed E-state index contributed by atoms with van der Waals surface area (Å²) in [5.74, 6) is -0.158. The average molecular weight is 395 g/mol. The van der Waals surface area contributed by atoms with Crippen molar-refractivity contribution in [1.82, 2.24) is 5.32 Å². The zero-order valence-corrected chi connectivity index (χ0v) is 16.6. The molecule has 0 aromatic heterocycles. The number of sulfonamides is 1. The molecule has 5 nitrogen and oxygen atoms in total. The van der Waals surface area contributed by atoms with Gasteiger partial charge in [0.1, 0.15) is 0 Å². The Kier molecular flexibility index (Phi) is 6.67.